The molecule has 31 heavy (non-hydrogen) atoms. The Kier molecular flexibility index (Phi) is 9.90. The first kappa shape index (κ1) is 24.3. The van der Waals surface area contributed by atoms with Gasteiger partial charge in [-0.1, -0.05) is 19.3 Å². The predicted octanol–water partition coefficient (Wildman–Crippen LogP) is 5.54. The molecule has 1 saturated carbocycles. The maximum absolute atomic E-state index is 13.2. The Bertz CT molecular complexity index is 775. The van der Waals surface area contributed by atoms with E-state index in [1.165, 1.54) is 79.8 Å². The standard InChI is InChI=1S/C20H21F2NO2.C3H6O3/c21-16-6-10-18(11-7-16)23(19-12-8-17(22)9-13-19)20(24)25-14-15-4-2-1-3-5-15;1-6-2-3(4)5/h6-13,15H,1-5,14H2;2H2,1H3,(H,4,5). The van der Waals surface area contributed by atoms with E-state index in [1.807, 2.05) is 0 Å². The molecule has 0 heterocycles. The second-order valence-corrected chi connectivity index (χ2v) is 7.20. The van der Waals surface area contributed by atoms with Gasteiger partial charge in [-0.3, -0.25) is 0 Å². The van der Waals surface area contributed by atoms with Crippen LogP contribution in [0.1, 0.15) is 32.1 Å². The number of hydrogen-bond acceptors (Lipinski definition) is 4. The molecule has 0 aromatic heterocycles. The number of benzene rings is 2. The van der Waals surface area contributed by atoms with Gasteiger partial charge in [0.05, 0.1) is 18.0 Å². The van der Waals surface area contributed by atoms with Crippen LogP contribution in [0.5, 0.6) is 0 Å². The topological polar surface area (TPSA) is 76.1 Å². The van der Waals surface area contributed by atoms with Crippen molar-refractivity contribution < 1.29 is 33.0 Å². The summed E-state index contributed by atoms with van der Waals surface area (Å²) >= 11 is 0. The van der Waals surface area contributed by atoms with E-state index in [0.29, 0.717) is 23.9 Å². The molecule has 168 valence electrons. The van der Waals surface area contributed by atoms with Crippen LogP contribution in [0, 0.1) is 17.6 Å². The number of carboxylic acid groups (broad SMARTS) is 1. The number of carbonyl (C=O) groups excluding carboxylic acids is 1. The van der Waals surface area contributed by atoms with Crippen LogP contribution >= 0.6 is 0 Å². The van der Waals surface area contributed by atoms with Crippen LogP contribution in [0.4, 0.5) is 25.0 Å². The summed E-state index contributed by atoms with van der Waals surface area (Å²) < 4.78 is 36.1. The third kappa shape index (κ3) is 8.33. The first-order valence-corrected chi connectivity index (χ1v) is 10.1. The molecular weight excluding hydrogens is 408 g/mol. The van der Waals surface area contributed by atoms with Gasteiger partial charge in [0.2, 0.25) is 0 Å². The highest BCUT2D eigenvalue weighted by Gasteiger charge is 2.22. The van der Waals surface area contributed by atoms with Crippen molar-refractivity contribution in [2.75, 3.05) is 25.2 Å². The van der Waals surface area contributed by atoms with Crippen LogP contribution < -0.4 is 4.90 Å². The number of amides is 1. The number of ether oxygens (including phenoxy) is 2. The summed E-state index contributed by atoms with van der Waals surface area (Å²) in [6, 6.07) is 11.1. The first-order chi connectivity index (χ1) is 14.9. The van der Waals surface area contributed by atoms with Gasteiger partial charge in [0.25, 0.3) is 0 Å². The van der Waals surface area contributed by atoms with Gasteiger partial charge in [0.1, 0.15) is 18.2 Å². The average Bonchev–Trinajstić information content (AvgIpc) is 2.76. The van der Waals surface area contributed by atoms with E-state index in [4.69, 9.17) is 9.84 Å². The molecule has 1 fully saturated rings. The monoisotopic (exact) mass is 435 g/mol. The molecule has 1 aliphatic rings. The Morgan fingerprint density at radius 3 is 1.81 bits per heavy atom. The number of aliphatic carboxylic acids is 1. The quantitative estimate of drug-likeness (QED) is 0.645. The molecule has 0 bridgehead atoms. The lowest BCUT2D eigenvalue weighted by Gasteiger charge is -2.25. The van der Waals surface area contributed by atoms with Crippen molar-refractivity contribution in [1.82, 2.24) is 0 Å². The molecule has 0 spiro atoms. The van der Waals surface area contributed by atoms with Crippen LogP contribution in [-0.2, 0) is 14.3 Å². The molecule has 0 unspecified atom stereocenters. The highest BCUT2D eigenvalue weighted by Crippen LogP contribution is 2.28. The van der Waals surface area contributed by atoms with Crippen molar-refractivity contribution in [1.29, 1.82) is 0 Å². The second kappa shape index (κ2) is 12.6. The van der Waals surface area contributed by atoms with Crippen molar-refractivity contribution in [2.45, 2.75) is 32.1 Å². The lowest BCUT2D eigenvalue weighted by molar-refractivity contribution is -0.141. The third-order valence-corrected chi connectivity index (χ3v) is 4.79. The fourth-order valence-corrected chi connectivity index (χ4v) is 3.27. The van der Waals surface area contributed by atoms with E-state index in [0.717, 1.165) is 12.8 Å². The molecule has 6 nitrogen and oxygen atoms in total. The van der Waals surface area contributed by atoms with Gasteiger partial charge in [0, 0.05) is 7.11 Å². The van der Waals surface area contributed by atoms with Crippen molar-refractivity contribution in [3.8, 4) is 0 Å². The van der Waals surface area contributed by atoms with Crippen molar-refractivity contribution in [2.24, 2.45) is 5.92 Å². The molecule has 8 heteroatoms. The van der Waals surface area contributed by atoms with Crippen molar-refractivity contribution in [3.63, 3.8) is 0 Å². The normalized spacial score (nSPS) is 13.6. The van der Waals surface area contributed by atoms with Crippen molar-refractivity contribution in [3.05, 3.63) is 60.2 Å². The highest BCUT2D eigenvalue weighted by atomic mass is 19.1. The Labute approximate surface area is 180 Å². The summed E-state index contributed by atoms with van der Waals surface area (Å²) in [5.74, 6) is -1.32. The van der Waals surface area contributed by atoms with Gasteiger partial charge in [-0.25, -0.2) is 23.3 Å². The number of methoxy groups -OCH3 is 1. The van der Waals surface area contributed by atoms with Crippen LogP contribution in [0.3, 0.4) is 0 Å². The maximum Gasteiger partial charge on any atom is 0.418 e. The largest absolute Gasteiger partial charge is 0.480 e. The fraction of sp³-hybridized carbons (Fsp3) is 0.391. The summed E-state index contributed by atoms with van der Waals surface area (Å²) in [5.41, 5.74) is 0.948. The SMILES string of the molecule is COCC(=O)O.O=C(OCC1CCCCC1)N(c1ccc(F)cc1)c1ccc(F)cc1. The van der Waals surface area contributed by atoms with Gasteiger partial charge in [-0.05, 0) is 67.3 Å². The second-order valence-electron chi connectivity index (χ2n) is 7.20. The molecule has 1 N–H and O–H groups in total. The summed E-state index contributed by atoms with van der Waals surface area (Å²) in [6.45, 7) is 0.164. The zero-order chi connectivity index (χ0) is 22.6. The van der Waals surface area contributed by atoms with Crippen LogP contribution in [0.2, 0.25) is 0 Å². The smallest absolute Gasteiger partial charge is 0.418 e. The Morgan fingerprint density at radius 1 is 0.935 bits per heavy atom. The minimum atomic E-state index is -0.933. The molecule has 2 aromatic carbocycles. The van der Waals surface area contributed by atoms with Gasteiger partial charge in [0.15, 0.2) is 0 Å². The van der Waals surface area contributed by atoms with Crippen LogP contribution in [0.25, 0.3) is 0 Å². The van der Waals surface area contributed by atoms with Crippen molar-refractivity contribution >= 4 is 23.4 Å². The van der Waals surface area contributed by atoms with Crippen LogP contribution in [0.15, 0.2) is 48.5 Å². The number of nitrogens with zero attached hydrogens (tertiary/aromatic N) is 1. The van der Waals surface area contributed by atoms with E-state index in [1.54, 1.807) is 0 Å². The van der Waals surface area contributed by atoms with Gasteiger partial charge < -0.3 is 14.6 Å². The highest BCUT2D eigenvalue weighted by molar-refractivity contribution is 5.95. The summed E-state index contributed by atoms with van der Waals surface area (Å²) in [4.78, 5) is 23.5. The minimum Gasteiger partial charge on any atom is -0.480 e. The molecule has 0 saturated heterocycles. The first-order valence-electron chi connectivity index (χ1n) is 10.1. The number of anilines is 2. The van der Waals surface area contributed by atoms with E-state index in [2.05, 4.69) is 4.74 Å². The molecule has 0 aliphatic heterocycles. The zero-order valence-corrected chi connectivity index (χ0v) is 17.4. The minimum absolute atomic E-state index is 0.208. The lowest BCUT2D eigenvalue weighted by Crippen LogP contribution is -2.29. The van der Waals surface area contributed by atoms with E-state index >= 15 is 0 Å². The molecule has 0 radical (unpaired) electrons. The molecular formula is C23H27F2NO5. The molecule has 2 aromatic rings. The van der Waals surface area contributed by atoms with E-state index in [-0.39, 0.29) is 6.61 Å². The number of hydrogen-bond donors (Lipinski definition) is 1. The van der Waals surface area contributed by atoms with Crippen LogP contribution in [-0.4, -0.2) is 37.5 Å². The summed E-state index contributed by atoms with van der Waals surface area (Å²) in [5, 5.41) is 7.79. The zero-order valence-electron chi connectivity index (χ0n) is 17.4. The number of rotatable bonds is 6. The van der Waals surface area contributed by atoms with E-state index < -0.39 is 23.7 Å². The molecule has 3 rings (SSSR count). The number of halogens is 2. The van der Waals surface area contributed by atoms with Gasteiger partial charge in [-0.15, -0.1) is 0 Å². The average molecular weight is 435 g/mol. The lowest BCUT2D eigenvalue weighted by atomic mass is 9.90. The number of carbonyl (C=O) groups is 2. The summed E-state index contributed by atoms with van der Waals surface area (Å²) in [7, 11) is 1.34. The molecule has 1 amide bonds. The Morgan fingerprint density at radius 2 is 1.42 bits per heavy atom. The maximum atomic E-state index is 13.2. The Hall–Kier alpha value is -3.00. The summed E-state index contributed by atoms with van der Waals surface area (Å²) in [6.07, 6.45) is 5.18. The molecule has 1 aliphatic carbocycles. The van der Waals surface area contributed by atoms with E-state index in [9.17, 15) is 18.4 Å². The van der Waals surface area contributed by atoms with Gasteiger partial charge >= 0.3 is 12.1 Å². The molecule has 0 atom stereocenters. The predicted molar refractivity (Wildman–Crippen MR) is 112 cm³/mol. The van der Waals surface area contributed by atoms with Gasteiger partial charge in [-0.2, -0.15) is 0 Å². The fourth-order valence-electron chi connectivity index (χ4n) is 3.27. The Balaban J connectivity index is 0.000000501. The number of carboxylic acids is 1. The third-order valence-electron chi connectivity index (χ3n) is 4.79.